The Morgan fingerprint density at radius 3 is 2.20 bits per heavy atom. The molecule has 0 bridgehead atoms. The van der Waals surface area contributed by atoms with Crippen molar-refractivity contribution in [3.8, 4) is 0 Å². The number of imide groups is 1. The van der Waals surface area contributed by atoms with Crippen LogP contribution in [0.1, 0.15) is 37.4 Å². The highest BCUT2D eigenvalue weighted by Gasteiger charge is 2.34. The summed E-state index contributed by atoms with van der Waals surface area (Å²) < 4.78 is 5.19. The maximum absolute atomic E-state index is 12.2. The molecule has 0 unspecified atom stereocenters. The van der Waals surface area contributed by atoms with Crippen molar-refractivity contribution in [2.75, 3.05) is 13.2 Å². The molecule has 2 amide bonds. The highest BCUT2D eigenvalue weighted by atomic mass is 16.5. The Labute approximate surface area is 146 Å². The molecule has 0 saturated heterocycles. The predicted molar refractivity (Wildman–Crippen MR) is 92.4 cm³/mol. The number of carbonyl (C=O) groups excluding carboxylic acids is 3. The fourth-order valence-electron chi connectivity index (χ4n) is 2.82. The maximum Gasteiger partial charge on any atom is 0.310 e. The van der Waals surface area contributed by atoms with Gasteiger partial charge in [0.05, 0.1) is 24.1 Å². The van der Waals surface area contributed by atoms with Gasteiger partial charge in [0.15, 0.2) is 0 Å². The van der Waals surface area contributed by atoms with Gasteiger partial charge in [0.2, 0.25) is 0 Å². The van der Waals surface area contributed by atoms with Crippen molar-refractivity contribution in [1.29, 1.82) is 0 Å². The third kappa shape index (κ3) is 3.45. The summed E-state index contributed by atoms with van der Waals surface area (Å²) >= 11 is 0. The quantitative estimate of drug-likeness (QED) is 0.622. The molecule has 0 radical (unpaired) electrons. The number of fused-ring (bicyclic) bond motifs is 1. The van der Waals surface area contributed by atoms with Crippen molar-refractivity contribution in [3.05, 3.63) is 70.3 Å². The molecule has 128 valence electrons. The number of benzene rings is 2. The molecule has 0 N–H and O–H groups in total. The van der Waals surface area contributed by atoms with Gasteiger partial charge in [0.1, 0.15) is 6.61 Å². The summed E-state index contributed by atoms with van der Waals surface area (Å²) in [5, 5.41) is 0. The summed E-state index contributed by atoms with van der Waals surface area (Å²) in [4.78, 5) is 37.5. The number of esters is 1. The maximum atomic E-state index is 12.2. The molecule has 25 heavy (non-hydrogen) atoms. The lowest BCUT2D eigenvalue weighted by Crippen LogP contribution is -2.33. The Morgan fingerprint density at radius 1 is 0.960 bits per heavy atom. The van der Waals surface area contributed by atoms with Gasteiger partial charge in [0.25, 0.3) is 11.8 Å². The van der Waals surface area contributed by atoms with Crippen molar-refractivity contribution in [2.45, 2.75) is 20.3 Å². The van der Waals surface area contributed by atoms with Crippen LogP contribution in [0, 0.1) is 13.8 Å². The molecule has 0 fully saturated rings. The van der Waals surface area contributed by atoms with E-state index in [9.17, 15) is 14.4 Å². The molecule has 3 rings (SSSR count). The molecule has 1 aliphatic heterocycles. The van der Waals surface area contributed by atoms with Gasteiger partial charge >= 0.3 is 5.97 Å². The summed E-state index contributed by atoms with van der Waals surface area (Å²) in [7, 11) is 0. The van der Waals surface area contributed by atoms with E-state index in [2.05, 4.69) is 0 Å². The lowest BCUT2D eigenvalue weighted by Gasteiger charge is -2.14. The standard InChI is InChI=1S/C20H19NO4/c1-13-7-8-15(11-14(13)2)12-18(22)25-10-9-21-19(23)16-5-3-4-6-17(16)20(21)24/h3-8,11H,9-10,12H2,1-2H3. The lowest BCUT2D eigenvalue weighted by atomic mass is 10.0. The highest BCUT2D eigenvalue weighted by Crippen LogP contribution is 2.21. The number of carbonyl (C=O) groups is 3. The molecule has 0 aliphatic carbocycles. The zero-order valence-corrected chi connectivity index (χ0v) is 14.2. The molecule has 2 aromatic carbocycles. The Morgan fingerprint density at radius 2 is 1.60 bits per heavy atom. The van der Waals surface area contributed by atoms with Crippen molar-refractivity contribution < 1.29 is 19.1 Å². The van der Waals surface area contributed by atoms with Gasteiger partial charge in [0, 0.05) is 0 Å². The first-order valence-electron chi connectivity index (χ1n) is 8.14. The van der Waals surface area contributed by atoms with Crippen molar-refractivity contribution in [3.63, 3.8) is 0 Å². The average Bonchev–Trinajstić information content (AvgIpc) is 2.83. The lowest BCUT2D eigenvalue weighted by molar-refractivity contribution is -0.143. The molecule has 2 aromatic rings. The topological polar surface area (TPSA) is 63.7 Å². The van der Waals surface area contributed by atoms with E-state index in [1.54, 1.807) is 24.3 Å². The Bertz CT molecular complexity index is 822. The SMILES string of the molecule is Cc1ccc(CC(=O)OCCN2C(=O)c3ccccc3C2=O)cc1C. The van der Waals surface area contributed by atoms with Crippen LogP contribution in [0.3, 0.4) is 0 Å². The molecule has 0 saturated carbocycles. The second-order valence-corrected chi connectivity index (χ2v) is 6.12. The largest absolute Gasteiger partial charge is 0.464 e. The van der Waals surface area contributed by atoms with Gasteiger partial charge in [-0.2, -0.15) is 0 Å². The van der Waals surface area contributed by atoms with E-state index in [1.807, 2.05) is 32.0 Å². The number of aryl methyl sites for hydroxylation is 2. The van der Waals surface area contributed by atoms with Crippen LogP contribution in [-0.2, 0) is 16.0 Å². The highest BCUT2D eigenvalue weighted by molar-refractivity contribution is 6.21. The number of hydrogen-bond donors (Lipinski definition) is 0. The number of hydrogen-bond acceptors (Lipinski definition) is 4. The first-order valence-corrected chi connectivity index (χ1v) is 8.14. The summed E-state index contributed by atoms with van der Waals surface area (Å²) in [6, 6.07) is 12.5. The fourth-order valence-corrected chi connectivity index (χ4v) is 2.82. The van der Waals surface area contributed by atoms with E-state index >= 15 is 0 Å². The molecule has 1 heterocycles. The van der Waals surface area contributed by atoms with Gasteiger partial charge in [-0.05, 0) is 42.7 Å². The van der Waals surface area contributed by atoms with Gasteiger partial charge < -0.3 is 4.74 Å². The summed E-state index contributed by atoms with van der Waals surface area (Å²) in [5.41, 5.74) is 3.97. The molecule has 5 nitrogen and oxygen atoms in total. The molecule has 5 heteroatoms. The van der Waals surface area contributed by atoms with Crippen LogP contribution in [0.2, 0.25) is 0 Å². The normalized spacial score (nSPS) is 13.1. The second kappa shape index (κ2) is 6.89. The second-order valence-electron chi connectivity index (χ2n) is 6.12. The monoisotopic (exact) mass is 337 g/mol. The number of rotatable bonds is 5. The van der Waals surface area contributed by atoms with Crippen LogP contribution < -0.4 is 0 Å². The Balaban J connectivity index is 1.53. The van der Waals surface area contributed by atoms with E-state index < -0.39 is 0 Å². The number of nitrogens with zero attached hydrogens (tertiary/aromatic N) is 1. The van der Waals surface area contributed by atoms with E-state index in [4.69, 9.17) is 4.74 Å². The Hall–Kier alpha value is -2.95. The third-order valence-corrected chi connectivity index (χ3v) is 4.38. The molecule has 0 spiro atoms. The van der Waals surface area contributed by atoms with Crippen molar-refractivity contribution in [2.24, 2.45) is 0 Å². The van der Waals surface area contributed by atoms with Crippen LogP contribution in [0.5, 0.6) is 0 Å². The van der Waals surface area contributed by atoms with Gasteiger partial charge in [-0.1, -0.05) is 30.3 Å². The fraction of sp³-hybridized carbons (Fsp3) is 0.250. The van der Waals surface area contributed by atoms with Crippen LogP contribution in [0.15, 0.2) is 42.5 Å². The summed E-state index contributed by atoms with van der Waals surface area (Å²) in [6.07, 6.45) is 0.170. The number of amides is 2. The van der Waals surface area contributed by atoms with Gasteiger partial charge in [-0.15, -0.1) is 0 Å². The third-order valence-electron chi connectivity index (χ3n) is 4.38. The average molecular weight is 337 g/mol. The first-order chi connectivity index (χ1) is 12.0. The van der Waals surface area contributed by atoms with Gasteiger partial charge in [-0.3, -0.25) is 19.3 Å². The van der Waals surface area contributed by atoms with E-state index in [0.29, 0.717) is 11.1 Å². The smallest absolute Gasteiger partial charge is 0.310 e. The van der Waals surface area contributed by atoms with Crippen molar-refractivity contribution in [1.82, 2.24) is 4.90 Å². The van der Waals surface area contributed by atoms with E-state index in [0.717, 1.165) is 16.0 Å². The van der Waals surface area contributed by atoms with Gasteiger partial charge in [-0.25, -0.2) is 0 Å². The summed E-state index contributed by atoms with van der Waals surface area (Å²) in [5.74, 6) is -1.06. The summed E-state index contributed by atoms with van der Waals surface area (Å²) in [6.45, 7) is 4.06. The minimum Gasteiger partial charge on any atom is -0.464 e. The molecular formula is C20H19NO4. The van der Waals surface area contributed by atoms with Crippen LogP contribution in [-0.4, -0.2) is 35.8 Å². The zero-order valence-electron chi connectivity index (χ0n) is 14.2. The molecule has 1 aliphatic rings. The van der Waals surface area contributed by atoms with E-state index in [1.165, 1.54) is 5.56 Å². The van der Waals surface area contributed by atoms with E-state index in [-0.39, 0.29) is 37.4 Å². The van der Waals surface area contributed by atoms with Crippen LogP contribution in [0.25, 0.3) is 0 Å². The number of ether oxygens (including phenoxy) is 1. The molecular weight excluding hydrogens is 318 g/mol. The minimum absolute atomic E-state index is 0.00482. The van der Waals surface area contributed by atoms with Crippen LogP contribution >= 0.6 is 0 Å². The zero-order chi connectivity index (χ0) is 18.0. The molecule has 0 atom stereocenters. The van der Waals surface area contributed by atoms with Crippen LogP contribution in [0.4, 0.5) is 0 Å². The predicted octanol–water partition coefficient (Wildman–Crippen LogP) is 2.69. The first kappa shape index (κ1) is 16.9. The van der Waals surface area contributed by atoms with Crippen molar-refractivity contribution >= 4 is 17.8 Å². The molecule has 0 aromatic heterocycles. The minimum atomic E-state index is -0.375. The Kier molecular flexibility index (Phi) is 4.65.